The molecule has 1 N–H and O–H groups in total. The molecule has 3 unspecified atom stereocenters. The Bertz CT molecular complexity index is 1110. The summed E-state index contributed by atoms with van der Waals surface area (Å²) in [6, 6.07) is 14.3. The minimum atomic E-state index is -1.30. The lowest BCUT2D eigenvalue weighted by molar-refractivity contribution is -0.165. The van der Waals surface area contributed by atoms with Crippen LogP contribution in [0.15, 0.2) is 54.6 Å². The largest absolute Gasteiger partial charge is 0.459 e. The van der Waals surface area contributed by atoms with Gasteiger partial charge in [-0.25, -0.2) is 9.59 Å². The molecule has 0 aliphatic carbocycles. The van der Waals surface area contributed by atoms with E-state index < -0.39 is 47.3 Å². The Morgan fingerprint density at radius 2 is 1.30 bits per heavy atom. The second-order valence-electron chi connectivity index (χ2n) is 10.8. The average Bonchev–Trinajstić information content (AvgIpc) is 2.79. The zero-order valence-electron chi connectivity index (χ0n) is 22.8. The molecule has 0 saturated carbocycles. The number of rotatable bonds is 8. The van der Waals surface area contributed by atoms with Crippen molar-refractivity contribution in [2.45, 2.75) is 84.7 Å². The minimum Gasteiger partial charge on any atom is -0.459 e. The Hall–Kier alpha value is -3.68. The number of ether oxygens (including phenoxy) is 3. The van der Waals surface area contributed by atoms with Crippen molar-refractivity contribution in [3.05, 3.63) is 71.3 Å². The Balaban J connectivity index is 2.19. The van der Waals surface area contributed by atoms with E-state index in [4.69, 9.17) is 14.2 Å². The molecule has 8 heteroatoms. The number of alkyl carbamates (subject to hydrolysis) is 1. The summed E-state index contributed by atoms with van der Waals surface area (Å²) in [5.74, 6) is -2.30. The fraction of sp³-hybridized carbons (Fsp3) is 0.448. The van der Waals surface area contributed by atoms with E-state index >= 15 is 0 Å². The lowest BCUT2D eigenvalue weighted by Gasteiger charge is -2.29. The molecule has 37 heavy (non-hydrogen) atoms. The van der Waals surface area contributed by atoms with Gasteiger partial charge in [0.05, 0.1) is 5.92 Å². The highest BCUT2D eigenvalue weighted by molar-refractivity contribution is 6.09. The first-order valence-electron chi connectivity index (χ1n) is 12.2. The molecule has 200 valence electrons. The number of carbonyl (C=O) groups is 4. The van der Waals surface area contributed by atoms with Crippen LogP contribution >= 0.6 is 0 Å². The Kier molecular flexibility index (Phi) is 9.61. The molecule has 0 fully saturated rings. The van der Waals surface area contributed by atoms with Crippen molar-refractivity contribution in [3.8, 4) is 0 Å². The van der Waals surface area contributed by atoms with Crippen LogP contribution in [0, 0.1) is 0 Å². The molecule has 2 aromatic rings. The van der Waals surface area contributed by atoms with Gasteiger partial charge in [0.1, 0.15) is 17.3 Å². The Morgan fingerprint density at radius 1 is 0.730 bits per heavy atom. The number of hydrogen-bond acceptors (Lipinski definition) is 7. The Morgan fingerprint density at radius 3 is 1.86 bits per heavy atom. The molecule has 1 amide bonds. The fourth-order valence-corrected chi connectivity index (χ4v) is 3.36. The van der Waals surface area contributed by atoms with Gasteiger partial charge in [-0.05, 0) is 67.0 Å². The van der Waals surface area contributed by atoms with Gasteiger partial charge in [-0.3, -0.25) is 9.59 Å². The summed E-state index contributed by atoms with van der Waals surface area (Å²) in [5.41, 5.74) is -0.0631. The normalized spacial score (nSPS) is 14.1. The van der Waals surface area contributed by atoms with Crippen LogP contribution in [0.2, 0.25) is 0 Å². The number of carbonyl (C=O) groups excluding carboxylic acids is 4. The minimum absolute atomic E-state index is 0.164. The van der Waals surface area contributed by atoms with Crippen molar-refractivity contribution >= 4 is 23.8 Å². The van der Waals surface area contributed by atoms with Crippen molar-refractivity contribution in [1.29, 1.82) is 0 Å². The van der Waals surface area contributed by atoms with E-state index in [9.17, 15) is 19.2 Å². The lowest BCUT2D eigenvalue weighted by Crippen LogP contribution is -2.52. The van der Waals surface area contributed by atoms with E-state index in [-0.39, 0.29) is 5.78 Å². The highest BCUT2D eigenvalue weighted by Crippen LogP contribution is 2.22. The molecule has 0 aliphatic heterocycles. The number of benzene rings is 2. The summed E-state index contributed by atoms with van der Waals surface area (Å²) >= 11 is 0. The third-order valence-corrected chi connectivity index (χ3v) is 5.14. The zero-order chi connectivity index (χ0) is 28.0. The first-order valence-corrected chi connectivity index (χ1v) is 12.2. The lowest BCUT2D eigenvalue weighted by atomic mass is 9.95. The first-order chi connectivity index (χ1) is 17.1. The quantitative estimate of drug-likeness (QED) is 0.295. The maximum Gasteiger partial charge on any atom is 0.408 e. The van der Waals surface area contributed by atoms with Gasteiger partial charge in [0.15, 0.2) is 11.8 Å². The van der Waals surface area contributed by atoms with Crippen LogP contribution in [0.1, 0.15) is 82.8 Å². The van der Waals surface area contributed by atoms with Crippen molar-refractivity contribution in [3.63, 3.8) is 0 Å². The molecule has 0 saturated heterocycles. The molecular formula is C29H37NO7. The number of amides is 1. The summed E-state index contributed by atoms with van der Waals surface area (Å²) in [5, 5.41) is 2.46. The zero-order valence-corrected chi connectivity index (χ0v) is 22.8. The first kappa shape index (κ1) is 29.5. The van der Waals surface area contributed by atoms with Crippen LogP contribution in [0.5, 0.6) is 0 Å². The molecule has 3 atom stereocenters. The second kappa shape index (κ2) is 12.0. The third-order valence-electron chi connectivity index (χ3n) is 5.14. The fourth-order valence-electron chi connectivity index (χ4n) is 3.36. The van der Waals surface area contributed by atoms with Gasteiger partial charge in [-0.1, -0.05) is 48.5 Å². The molecule has 0 radical (unpaired) electrons. The molecule has 0 aliphatic rings. The maximum atomic E-state index is 13.0. The van der Waals surface area contributed by atoms with Crippen LogP contribution in [-0.4, -0.2) is 47.2 Å². The van der Waals surface area contributed by atoms with Crippen molar-refractivity contribution in [2.75, 3.05) is 0 Å². The molecule has 2 rings (SSSR count). The van der Waals surface area contributed by atoms with Crippen LogP contribution in [0.3, 0.4) is 0 Å². The molecule has 0 spiro atoms. The Labute approximate surface area is 218 Å². The summed E-state index contributed by atoms with van der Waals surface area (Å²) < 4.78 is 16.3. The third kappa shape index (κ3) is 9.37. The predicted molar refractivity (Wildman–Crippen MR) is 139 cm³/mol. The van der Waals surface area contributed by atoms with Gasteiger partial charge < -0.3 is 19.5 Å². The summed E-state index contributed by atoms with van der Waals surface area (Å²) in [6.07, 6.45) is -1.90. The van der Waals surface area contributed by atoms with Gasteiger partial charge in [-0.2, -0.15) is 0 Å². The monoisotopic (exact) mass is 511 g/mol. The highest BCUT2D eigenvalue weighted by Gasteiger charge is 2.35. The van der Waals surface area contributed by atoms with Crippen LogP contribution < -0.4 is 5.32 Å². The number of nitrogens with one attached hydrogen (secondary N) is 1. The number of ketones is 1. The summed E-state index contributed by atoms with van der Waals surface area (Å²) in [6.45, 7) is 13.3. The van der Waals surface area contributed by atoms with Crippen LogP contribution in [-0.2, 0) is 23.8 Å². The predicted octanol–water partition coefficient (Wildman–Crippen LogP) is 5.19. The van der Waals surface area contributed by atoms with Gasteiger partial charge in [0, 0.05) is 11.1 Å². The molecule has 0 aromatic heterocycles. The van der Waals surface area contributed by atoms with E-state index in [0.29, 0.717) is 16.7 Å². The summed E-state index contributed by atoms with van der Waals surface area (Å²) in [4.78, 5) is 51.1. The highest BCUT2D eigenvalue weighted by atomic mass is 16.6. The smallest absolute Gasteiger partial charge is 0.408 e. The van der Waals surface area contributed by atoms with Crippen molar-refractivity contribution in [2.24, 2.45) is 0 Å². The van der Waals surface area contributed by atoms with E-state index in [1.807, 2.05) is 6.07 Å². The standard InChI is InChI=1S/C29H37NO7/c1-18(21-15-12-16-22(17-21)24(31)20-13-10-9-11-14-20)25(32)35-19(2)23(26(33)36-28(3,4)5)30-27(34)37-29(6,7)8/h9-19,23H,1-8H3,(H,30,34). The van der Waals surface area contributed by atoms with Gasteiger partial charge in [0.25, 0.3) is 0 Å². The second-order valence-corrected chi connectivity index (χ2v) is 10.8. The molecule has 2 aromatic carbocycles. The van der Waals surface area contributed by atoms with Gasteiger partial charge >= 0.3 is 18.0 Å². The van der Waals surface area contributed by atoms with Gasteiger partial charge in [-0.15, -0.1) is 0 Å². The molecule has 0 heterocycles. The molecule has 0 bridgehead atoms. The van der Waals surface area contributed by atoms with E-state index in [2.05, 4.69) is 5.32 Å². The topological polar surface area (TPSA) is 108 Å². The van der Waals surface area contributed by atoms with E-state index in [0.717, 1.165) is 0 Å². The van der Waals surface area contributed by atoms with Crippen LogP contribution in [0.4, 0.5) is 4.79 Å². The maximum absolute atomic E-state index is 13.0. The molecular weight excluding hydrogens is 474 g/mol. The van der Waals surface area contributed by atoms with Crippen molar-refractivity contribution in [1.82, 2.24) is 5.32 Å². The SMILES string of the molecule is CC(C(=O)OC(C)C(NC(=O)OC(C)(C)C)C(=O)OC(C)(C)C)c1cccc(C(=O)c2ccccc2)c1. The van der Waals surface area contributed by atoms with E-state index in [1.165, 1.54) is 6.92 Å². The molecule has 8 nitrogen and oxygen atoms in total. The van der Waals surface area contributed by atoms with E-state index in [1.54, 1.807) is 97.0 Å². The number of hydrogen-bond donors (Lipinski definition) is 1. The summed E-state index contributed by atoms with van der Waals surface area (Å²) in [7, 11) is 0. The van der Waals surface area contributed by atoms with Crippen molar-refractivity contribution < 1.29 is 33.4 Å². The van der Waals surface area contributed by atoms with Crippen LogP contribution in [0.25, 0.3) is 0 Å². The van der Waals surface area contributed by atoms with Gasteiger partial charge in [0.2, 0.25) is 0 Å². The average molecular weight is 512 g/mol. The number of esters is 2.